The van der Waals surface area contributed by atoms with Crippen molar-refractivity contribution in [1.82, 2.24) is 10.9 Å². The van der Waals surface area contributed by atoms with Crippen molar-refractivity contribution in [3.05, 3.63) is 66.7 Å². The van der Waals surface area contributed by atoms with Gasteiger partial charge in [0.2, 0.25) is 6.10 Å². The Bertz CT molecular complexity index is 1050. The standard InChI is InChI=1S/C22H20N2O5/c1-14(28-17-11-10-15-6-2-3-7-16(15)12-17)21(25)23-24-22(26)20-13-27-18-8-4-5-9-19(18)29-20/h2-12,14,20H,13H2,1H3,(H,23,25)(H,24,26)/t14-,20+/m1/s1. The Hall–Kier alpha value is -3.74. The number of hydrogen-bond acceptors (Lipinski definition) is 5. The molecule has 7 nitrogen and oxygen atoms in total. The summed E-state index contributed by atoms with van der Waals surface area (Å²) in [5.74, 6) is 0.643. The predicted molar refractivity (Wildman–Crippen MR) is 107 cm³/mol. The lowest BCUT2D eigenvalue weighted by Gasteiger charge is -2.25. The van der Waals surface area contributed by atoms with Crippen LogP contribution in [0.15, 0.2) is 66.7 Å². The van der Waals surface area contributed by atoms with Crippen LogP contribution in [0.5, 0.6) is 17.2 Å². The van der Waals surface area contributed by atoms with E-state index in [1.54, 1.807) is 31.2 Å². The van der Waals surface area contributed by atoms with E-state index in [1.807, 2.05) is 42.5 Å². The molecule has 0 aliphatic carbocycles. The van der Waals surface area contributed by atoms with E-state index in [4.69, 9.17) is 14.2 Å². The van der Waals surface area contributed by atoms with Crippen molar-refractivity contribution >= 4 is 22.6 Å². The molecular formula is C22H20N2O5. The van der Waals surface area contributed by atoms with Crippen LogP contribution in [0.2, 0.25) is 0 Å². The topological polar surface area (TPSA) is 85.9 Å². The van der Waals surface area contributed by atoms with Crippen molar-refractivity contribution in [2.24, 2.45) is 0 Å². The summed E-state index contributed by atoms with van der Waals surface area (Å²) in [6.45, 7) is 1.66. The first-order valence-corrected chi connectivity index (χ1v) is 9.24. The maximum absolute atomic E-state index is 12.3. The van der Waals surface area contributed by atoms with E-state index >= 15 is 0 Å². The lowest BCUT2D eigenvalue weighted by molar-refractivity contribution is -0.137. The minimum atomic E-state index is -0.859. The smallest absolute Gasteiger partial charge is 0.283 e. The Morgan fingerprint density at radius 1 is 0.966 bits per heavy atom. The molecule has 2 N–H and O–H groups in total. The lowest BCUT2D eigenvalue weighted by atomic mass is 10.1. The molecule has 7 heteroatoms. The van der Waals surface area contributed by atoms with Gasteiger partial charge in [-0.05, 0) is 42.0 Å². The Morgan fingerprint density at radius 3 is 2.52 bits per heavy atom. The average Bonchev–Trinajstić information content (AvgIpc) is 2.76. The van der Waals surface area contributed by atoms with Crippen molar-refractivity contribution < 1.29 is 23.8 Å². The van der Waals surface area contributed by atoms with Gasteiger partial charge in [-0.15, -0.1) is 0 Å². The lowest BCUT2D eigenvalue weighted by Crippen LogP contribution is -2.53. The number of hydrazine groups is 1. The van der Waals surface area contributed by atoms with Crippen LogP contribution in [-0.4, -0.2) is 30.6 Å². The second-order valence-electron chi connectivity index (χ2n) is 6.61. The number of nitrogens with one attached hydrogen (secondary N) is 2. The van der Waals surface area contributed by atoms with E-state index in [-0.39, 0.29) is 6.61 Å². The molecule has 0 saturated heterocycles. The van der Waals surface area contributed by atoms with Gasteiger partial charge in [0.25, 0.3) is 11.8 Å². The van der Waals surface area contributed by atoms with Gasteiger partial charge >= 0.3 is 0 Å². The van der Waals surface area contributed by atoms with Crippen molar-refractivity contribution in [1.29, 1.82) is 0 Å². The van der Waals surface area contributed by atoms with E-state index in [2.05, 4.69) is 10.9 Å². The summed E-state index contributed by atoms with van der Waals surface area (Å²) in [4.78, 5) is 24.5. The Balaban J connectivity index is 1.30. The largest absolute Gasteiger partial charge is 0.485 e. The summed E-state index contributed by atoms with van der Waals surface area (Å²) >= 11 is 0. The van der Waals surface area contributed by atoms with E-state index in [9.17, 15) is 9.59 Å². The molecule has 1 aliphatic rings. The first kappa shape index (κ1) is 18.6. The summed E-state index contributed by atoms with van der Waals surface area (Å²) in [5, 5.41) is 2.10. The monoisotopic (exact) mass is 392 g/mol. The molecule has 0 fully saturated rings. The summed E-state index contributed by atoms with van der Waals surface area (Å²) in [6, 6.07) is 20.5. The van der Waals surface area contributed by atoms with Crippen LogP contribution in [0.1, 0.15) is 6.92 Å². The van der Waals surface area contributed by atoms with Gasteiger partial charge in [0.05, 0.1) is 0 Å². The van der Waals surface area contributed by atoms with Crippen LogP contribution in [-0.2, 0) is 9.59 Å². The third-order valence-corrected chi connectivity index (χ3v) is 4.51. The van der Waals surface area contributed by atoms with Crippen LogP contribution in [0.4, 0.5) is 0 Å². The van der Waals surface area contributed by atoms with E-state index in [0.717, 1.165) is 10.8 Å². The normalized spacial score (nSPS) is 16.0. The zero-order valence-corrected chi connectivity index (χ0v) is 15.8. The fourth-order valence-electron chi connectivity index (χ4n) is 2.95. The first-order chi connectivity index (χ1) is 14.1. The van der Waals surface area contributed by atoms with E-state index in [1.165, 1.54) is 0 Å². The highest BCUT2D eigenvalue weighted by Gasteiger charge is 2.28. The second-order valence-corrected chi connectivity index (χ2v) is 6.61. The molecule has 0 aromatic heterocycles. The SMILES string of the molecule is C[C@@H](Oc1ccc2ccccc2c1)C(=O)NNC(=O)[C@@H]1COc2ccccc2O1. The van der Waals surface area contributed by atoms with Crippen LogP contribution < -0.4 is 25.1 Å². The minimum absolute atomic E-state index is 0.0574. The third-order valence-electron chi connectivity index (χ3n) is 4.51. The van der Waals surface area contributed by atoms with Gasteiger partial charge < -0.3 is 14.2 Å². The first-order valence-electron chi connectivity index (χ1n) is 9.24. The van der Waals surface area contributed by atoms with Gasteiger partial charge in [0, 0.05) is 0 Å². The molecule has 0 spiro atoms. The summed E-state index contributed by atoms with van der Waals surface area (Å²) < 4.78 is 16.8. The number of amides is 2. The molecular weight excluding hydrogens is 372 g/mol. The summed E-state index contributed by atoms with van der Waals surface area (Å²) in [7, 11) is 0. The number of ether oxygens (including phenoxy) is 3. The maximum atomic E-state index is 12.3. The van der Waals surface area contributed by atoms with Gasteiger partial charge in [0.1, 0.15) is 12.4 Å². The molecule has 4 rings (SSSR count). The predicted octanol–water partition coefficient (Wildman–Crippen LogP) is 2.59. The van der Waals surface area contributed by atoms with Crippen LogP contribution in [0.3, 0.4) is 0 Å². The zero-order chi connectivity index (χ0) is 20.2. The molecule has 0 saturated carbocycles. The molecule has 0 unspecified atom stereocenters. The molecule has 2 amide bonds. The molecule has 0 radical (unpaired) electrons. The number of rotatable bonds is 4. The van der Waals surface area contributed by atoms with E-state index in [0.29, 0.717) is 17.2 Å². The Morgan fingerprint density at radius 2 is 1.69 bits per heavy atom. The van der Waals surface area contributed by atoms with Crippen molar-refractivity contribution in [2.75, 3.05) is 6.61 Å². The fourth-order valence-corrected chi connectivity index (χ4v) is 2.95. The van der Waals surface area contributed by atoms with Crippen molar-refractivity contribution in [2.45, 2.75) is 19.1 Å². The molecule has 29 heavy (non-hydrogen) atoms. The zero-order valence-electron chi connectivity index (χ0n) is 15.8. The van der Waals surface area contributed by atoms with Gasteiger partial charge in [-0.3, -0.25) is 20.4 Å². The molecule has 1 aliphatic heterocycles. The van der Waals surface area contributed by atoms with Gasteiger partial charge in [-0.1, -0.05) is 42.5 Å². The van der Waals surface area contributed by atoms with Crippen LogP contribution in [0.25, 0.3) is 10.8 Å². The fraction of sp³-hybridized carbons (Fsp3) is 0.182. The molecule has 0 bridgehead atoms. The Kier molecular flexibility index (Phi) is 5.20. The van der Waals surface area contributed by atoms with Gasteiger partial charge in [-0.2, -0.15) is 0 Å². The molecule has 2 atom stereocenters. The highest BCUT2D eigenvalue weighted by atomic mass is 16.6. The Labute approximate surface area is 167 Å². The number of fused-ring (bicyclic) bond motifs is 2. The minimum Gasteiger partial charge on any atom is -0.485 e. The van der Waals surface area contributed by atoms with Gasteiger partial charge in [-0.25, -0.2) is 0 Å². The highest BCUT2D eigenvalue weighted by molar-refractivity contribution is 5.87. The van der Waals surface area contributed by atoms with E-state index < -0.39 is 24.0 Å². The molecule has 3 aromatic carbocycles. The van der Waals surface area contributed by atoms with Crippen LogP contribution >= 0.6 is 0 Å². The third kappa shape index (κ3) is 4.24. The summed E-state index contributed by atoms with van der Waals surface area (Å²) in [6.07, 6.45) is -1.66. The van der Waals surface area contributed by atoms with Gasteiger partial charge in [0.15, 0.2) is 17.6 Å². The van der Waals surface area contributed by atoms with Crippen molar-refractivity contribution in [3.63, 3.8) is 0 Å². The molecule has 1 heterocycles. The molecule has 148 valence electrons. The highest BCUT2D eigenvalue weighted by Crippen LogP contribution is 2.30. The average molecular weight is 392 g/mol. The number of carbonyl (C=O) groups is 2. The number of benzene rings is 3. The number of hydrogen-bond donors (Lipinski definition) is 2. The quantitative estimate of drug-likeness (QED) is 0.667. The maximum Gasteiger partial charge on any atom is 0.283 e. The number of para-hydroxylation sites is 2. The summed E-state index contributed by atoms with van der Waals surface area (Å²) in [5.41, 5.74) is 4.72. The van der Waals surface area contributed by atoms with Crippen molar-refractivity contribution in [3.8, 4) is 17.2 Å². The number of carbonyl (C=O) groups excluding carboxylic acids is 2. The molecule has 3 aromatic rings. The van der Waals surface area contributed by atoms with Crippen LogP contribution in [0, 0.1) is 0 Å². The second kappa shape index (κ2) is 8.10.